The van der Waals surface area contributed by atoms with E-state index in [2.05, 4.69) is 4.90 Å². The largest absolute Gasteiger partial charge is 0.357 e. The number of thioether (sulfide) groups is 1. The van der Waals surface area contributed by atoms with Crippen LogP contribution in [-0.4, -0.2) is 33.0 Å². The van der Waals surface area contributed by atoms with Crippen LogP contribution in [-0.2, 0) is 0 Å². The van der Waals surface area contributed by atoms with Crippen LogP contribution in [0.4, 0.5) is 5.69 Å². The zero-order chi connectivity index (χ0) is 14.7. The molecule has 0 aromatic heterocycles. The van der Waals surface area contributed by atoms with Crippen molar-refractivity contribution in [2.24, 2.45) is 0 Å². The molecule has 5 nitrogen and oxygen atoms in total. The number of benzene rings is 1. The second kappa shape index (κ2) is 6.32. The van der Waals surface area contributed by atoms with Gasteiger partial charge in [-0.15, -0.1) is 0 Å². The molecule has 1 saturated heterocycles. The Morgan fingerprint density at radius 1 is 1.40 bits per heavy atom. The summed E-state index contributed by atoms with van der Waals surface area (Å²) in [7, 11) is 0. The van der Waals surface area contributed by atoms with Crippen LogP contribution in [0.15, 0.2) is 23.1 Å². The summed E-state index contributed by atoms with van der Waals surface area (Å²) in [6, 6.07) is 4.52. The summed E-state index contributed by atoms with van der Waals surface area (Å²) in [4.78, 5) is 24.5. The summed E-state index contributed by atoms with van der Waals surface area (Å²) in [5.41, 5.74) is 0.275. The molecule has 1 aliphatic heterocycles. The number of nitrogens with zero attached hydrogens (tertiary/aromatic N) is 2. The van der Waals surface area contributed by atoms with Crippen molar-refractivity contribution in [2.75, 3.05) is 13.1 Å². The summed E-state index contributed by atoms with van der Waals surface area (Å²) in [6.45, 7) is 3.21. The number of carbonyl (C=O) groups excluding carboxylic acids is 1. The predicted molar refractivity (Wildman–Crippen MR) is 82.4 cm³/mol. The zero-order valence-corrected chi connectivity index (χ0v) is 12.6. The van der Waals surface area contributed by atoms with Crippen molar-refractivity contribution < 1.29 is 9.72 Å². The standard InChI is InChI=1S/C13H14N2O3S2/c1-9(16)10-4-5-12(11(8-10)15(17)18)20-13(19)14-6-2-3-7-14/h4-5,8H,2-3,6-7H2,1H3. The third-order valence-corrected chi connectivity index (χ3v) is 4.63. The monoisotopic (exact) mass is 310 g/mol. The number of carbonyl (C=O) groups is 1. The topological polar surface area (TPSA) is 63.5 Å². The number of likely N-dealkylation sites (tertiary alicyclic amines) is 1. The molecule has 0 spiro atoms. The number of thiocarbonyl (C=S) groups is 1. The van der Waals surface area contributed by atoms with E-state index in [-0.39, 0.29) is 11.5 Å². The summed E-state index contributed by atoms with van der Waals surface area (Å²) in [5.74, 6) is -0.188. The molecule has 0 aliphatic carbocycles. The van der Waals surface area contributed by atoms with E-state index in [1.165, 1.54) is 24.8 Å². The highest BCUT2D eigenvalue weighted by Crippen LogP contribution is 2.32. The van der Waals surface area contributed by atoms with Crippen LogP contribution in [0.25, 0.3) is 0 Å². The molecular weight excluding hydrogens is 296 g/mol. The van der Waals surface area contributed by atoms with E-state index in [4.69, 9.17) is 12.2 Å². The number of nitro groups is 1. The van der Waals surface area contributed by atoms with Crippen molar-refractivity contribution in [3.63, 3.8) is 0 Å². The lowest BCUT2D eigenvalue weighted by molar-refractivity contribution is -0.387. The van der Waals surface area contributed by atoms with Gasteiger partial charge in [-0.2, -0.15) is 0 Å². The molecule has 20 heavy (non-hydrogen) atoms. The molecule has 0 unspecified atom stereocenters. The Bertz CT molecular complexity index is 569. The Morgan fingerprint density at radius 2 is 2.05 bits per heavy atom. The van der Waals surface area contributed by atoms with Crippen molar-refractivity contribution in [1.29, 1.82) is 0 Å². The molecule has 0 saturated carbocycles. The molecule has 0 atom stereocenters. The number of Topliss-reactive ketones (excluding diaryl/α,β-unsaturated/α-hetero) is 1. The normalized spacial score (nSPS) is 14.3. The van der Waals surface area contributed by atoms with E-state index in [1.54, 1.807) is 12.1 Å². The molecule has 1 heterocycles. The van der Waals surface area contributed by atoms with Gasteiger partial charge >= 0.3 is 0 Å². The van der Waals surface area contributed by atoms with E-state index in [9.17, 15) is 14.9 Å². The lowest BCUT2D eigenvalue weighted by Crippen LogP contribution is -2.23. The van der Waals surface area contributed by atoms with Crippen LogP contribution < -0.4 is 0 Å². The average molecular weight is 310 g/mol. The number of nitro benzene ring substituents is 1. The highest BCUT2D eigenvalue weighted by molar-refractivity contribution is 8.23. The van der Waals surface area contributed by atoms with E-state index in [1.807, 2.05) is 0 Å². The van der Waals surface area contributed by atoms with Gasteiger partial charge in [-0.25, -0.2) is 0 Å². The molecule has 7 heteroatoms. The van der Waals surface area contributed by atoms with Gasteiger partial charge in [0.15, 0.2) is 5.78 Å². The molecule has 0 bridgehead atoms. The fraction of sp³-hybridized carbons (Fsp3) is 0.385. The van der Waals surface area contributed by atoms with Gasteiger partial charge in [0, 0.05) is 24.7 Å². The van der Waals surface area contributed by atoms with Gasteiger partial charge < -0.3 is 4.90 Å². The minimum Gasteiger partial charge on any atom is -0.357 e. The number of hydrogen-bond acceptors (Lipinski definition) is 5. The Kier molecular flexibility index (Phi) is 4.72. The Balaban J connectivity index is 2.24. The first kappa shape index (κ1) is 14.9. The summed E-state index contributed by atoms with van der Waals surface area (Å²) < 4.78 is 0.654. The van der Waals surface area contributed by atoms with Crippen molar-refractivity contribution >= 4 is 39.8 Å². The molecule has 1 aromatic carbocycles. The van der Waals surface area contributed by atoms with Crippen LogP contribution >= 0.6 is 24.0 Å². The predicted octanol–water partition coefficient (Wildman–Crippen LogP) is 3.27. The maximum atomic E-state index is 11.3. The van der Waals surface area contributed by atoms with Crippen molar-refractivity contribution in [3.8, 4) is 0 Å². The Labute approximate surface area is 126 Å². The fourth-order valence-corrected chi connectivity index (χ4v) is 3.35. The van der Waals surface area contributed by atoms with Gasteiger partial charge in [0.2, 0.25) is 0 Å². The first-order valence-corrected chi connectivity index (χ1v) is 7.47. The minimum atomic E-state index is -0.471. The van der Waals surface area contributed by atoms with Crippen LogP contribution in [0, 0.1) is 10.1 Å². The molecule has 1 aromatic rings. The van der Waals surface area contributed by atoms with Gasteiger partial charge in [0.05, 0.1) is 9.82 Å². The van der Waals surface area contributed by atoms with Crippen molar-refractivity contribution in [3.05, 3.63) is 33.9 Å². The maximum Gasteiger partial charge on any atom is 0.284 e. The van der Waals surface area contributed by atoms with Crippen LogP contribution in [0.1, 0.15) is 30.1 Å². The Morgan fingerprint density at radius 3 is 2.60 bits per heavy atom. The number of ketones is 1. The van der Waals surface area contributed by atoms with Gasteiger partial charge in [0.1, 0.15) is 4.32 Å². The molecule has 106 valence electrons. The molecule has 1 aliphatic rings. The maximum absolute atomic E-state index is 11.3. The summed E-state index contributed by atoms with van der Waals surface area (Å²) in [6.07, 6.45) is 2.21. The van der Waals surface area contributed by atoms with Crippen LogP contribution in [0.3, 0.4) is 0 Å². The van der Waals surface area contributed by atoms with Gasteiger partial charge in [-0.3, -0.25) is 14.9 Å². The second-order valence-corrected chi connectivity index (χ2v) is 6.23. The SMILES string of the molecule is CC(=O)c1ccc(SC(=S)N2CCCC2)c([N+](=O)[O-])c1. The minimum absolute atomic E-state index is 0.0655. The number of rotatable bonds is 3. The van der Waals surface area contributed by atoms with Crippen molar-refractivity contribution in [1.82, 2.24) is 4.90 Å². The Hall–Kier alpha value is -1.47. The lowest BCUT2D eigenvalue weighted by Gasteiger charge is -2.17. The van der Waals surface area contributed by atoms with E-state index in [0.29, 0.717) is 14.8 Å². The molecule has 2 rings (SSSR count). The van der Waals surface area contributed by atoms with Gasteiger partial charge in [-0.1, -0.05) is 24.0 Å². The molecule has 0 N–H and O–H groups in total. The lowest BCUT2D eigenvalue weighted by atomic mass is 10.1. The molecule has 0 amide bonds. The highest BCUT2D eigenvalue weighted by Gasteiger charge is 2.21. The summed E-state index contributed by atoms with van der Waals surface area (Å²) >= 11 is 6.55. The summed E-state index contributed by atoms with van der Waals surface area (Å²) in [5, 5.41) is 11.1. The molecule has 0 radical (unpaired) electrons. The highest BCUT2D eigenvalue weighted by atomic mass is 32.2. The quantitative estimate of drug-likeness (QED) is 0.281. The third-order valence-electron chi connectivity index (χ3n) is 3.12. The second-order valence-electron chi connectivity index (χ2n) is 4.56. The third kappa shape index (κ3) is 3.34. The van der Waals surface area contributed by atoms with Gasteiger partial charge in [-0.05, 0) is 31.9 Å². The zero-order valence-electron chi connectivity index (χ0n) is 11.0. The number of hydrogen-bond donors (Lipinski definition) is 0. The molecular formula is C13H14N2O3S2. The first-order chi connectivity index (χ1) is 9.49. The first-order valence-electron chi connectivity index (χ1n) is 6.25. The molecule has 1 fully saturated rings. The average Bonchev–Trinajstić information content (AvgIpc) is 2.92. The van der Waals surface area contributed by atoms with E-state index in [0.717, 1.165) is 25.9 Å². The van der Waals surface area contributed by atoms with Crippen LogP contribution in [0.2, 0.25) is 0 Å². The smallest absolute Gasteiger partial charge is 0.284 e. The van der Waals surface area contributed by atoms with Crippen LogP contribution in [0.5, 0.6) is 0 Å². The van der Waals surface area contributed by atoms with Gasteiger partial charge in [0.25, 0.3) is 5.69 Å². The van der Waals surface area contributed by atoms with E-state index >= 15 is 0 Å². The van der Waals surface area contributed by atoms with E-state index < -0.39 is 4.92 Å². The van der Waals surface area contributed by atoms with Crippen molar-refractivity contribution in [2.45, 2.75) is 24.7 Å². The fourth-order valence-electron chi connectivity index (χ4n) is 2.02.